The zero-order chi connectivity index (χ0) is 16.8. The zero-order valence-corrected chi connectivity index (χ0v) is 14.4. The Morgan fingerprint density at radius 3 is 2.50 bits per heavy atom. The maximum atomic E-state index is 12.4. The van der Waals surface area contributed by atoms with E-state index in [0.717, 1.165) is 57.1 Å². The first kappa shape index (κ1) is 17.1. The van der Waals surface area contributed by atoms with Crippen molar-refractivity contribution in [2.24, 2.45) is 0 Å². The molecule has 2 heterocycles. The number of piperazine rings is 1. The second-order valence-corrected chi connectivity index (χ2v) is 6.49. The minimum atomic E-state index is 0.0381. The summed E-state index contributed by atoms with van der Waals surface area (Å²) < 4.78 is 5.27. The smallest absolute Gasteiger partial charge is 0.248 e. The number of nitrogens with one attached hydrogen (secondary N) is 1. The average molecular weight is 329 g/mol. The predicted molar refractivity (Wildman–Crippen MR) is 94.7 cm³/mol. The van der Waals surface area contributed by atoms with Crippen molar-refractivity contribution in [1.82, 2.24) is 15.1 Å². The number of hydrogen-bond acceptors (Lipinski definition) is 4. The molecule has 0 radical (unpaired) electrons. The van der Waals surface area contributed by atoms with Crippen LogP contribution in [0.15, 0.2) is 42.0 Å². The van der Waals surface area contributed by atoms with Crippen LogP contribution in [0.4, 0.5) is 0 Å². The highest BCUT2D eigenvalue weighted by molar-refractivity contribution is 5.93. The van der Waals surface area contributed by atoms with Crippen LogP contribution in [0.25, 0.3) is 0 Å². The highest BCUT2D eigenvalue weighted by Gasteiger charge is 2.29. The number of hydrogen-bond donors (Lipinski definition) is 1. The van der Waals surface area contributed by atoms with Crippen LogP contribution in [0.3, 0.4) is 0 Å². The fraction of sp³-hybridized carbons (Fsp3) is 0.526. The second kappa shape index (κ2) is 8.42. The summed E-state index contributed by atoms with van der Waals surface area (Å²) in [6, 6.07) is 10.6. The molecular weight excluding hydrogens is 302 g/mol. The maximum absolute atomic E-state index is 12.4. The Balaban J connectivity index is 1.43. The van der Waals surface area contributed by atoms with E-state index >= 15 is 0 Å². The first-order valence-corrected chi connectivity index (χ1v) is 8.77. The van der Waals surface area contributed by atoms with Crippen LogP contribution in [0.5, 0.6) is 0 Å². The minimum Gasteiger partial charge on any atom is -0.378 e. The lowest BCUT2D eigenvalue weighted by molar-refractivity contribution is -0.118. The van der Waals surface area contributed by atoms with Gasteiger partial charge in [-0.3, -0.25) is 14.6 Å². The van der Waals surface area contributed by atoms with E-state index in [1.807, 2.05) is 43.3 Å². The summed E-state index contributed by atoms with van der Waals surface area (Å²) in [4.78, 5) is 17.3. The predicted octanol–water partition coefficient (Wildman–Crippen LogP) is 1.27. The van der Waals surface area contributed by atoms with Gasteiger partial charge in [-0.1, -0.05) is 36.4 Å². The van der Waals surface area contributed by atoms with Crippen molar-refractivity contribution < 1.29 is 9.53 Å². The van der Waals surface area contributed by atoms with Crippen molar-refractivity contribution in [3.8, 4) is 0 Å². The summed E-state index contributed by atoms with van der Waals surface area (Å²) in [5, 5.41) is 3.02. The van der Waals surface area contributed by atoms with E-state index in [1.54, 1.807) is 0 Å². The largest absolute Gasteiger partial charge is 0.378 e. The zero-order valence-electron chi connectivity index (χ0n) is 14.4. The number of nitrogens with zero attached hydrogens (tertiary/aromatic N) is 2. The van der Waals surface area contributed by atoms with Gasteiger partial charge >= 0.3 is 0 Å². The number of carbonyl (C=O) groups excluding carboxylic acids is 1. The second-order valence-electron chi connectivity index (χ2n) is 6.49. The molecule has 1 amide bonds. The lowest BCUT2D eigenvalue weighted by Crippen LogP contribution is -2.56. The molecule has 2 aliphatic rings. The Labute approximate surface area is 144 Å². The third kappa shape index (κ3) is 4.44. The van der Waals surface area contributed by atoms with E-state index < -0.39 is 0 Å². The van der Waals surface area contributed by atoms with Gasteiger partial charge in [-0.05, 0) is 12.5 Å². The van der Waals surface area contributed by atoms with Gasteiger partial charge in [0.25, 0.3) is 0 Å². The Hall–Kier alpha value is -1.69. The van der Waals surface area contributed by atoms with Gasteiger partial charge in [0.15, 0.2) is 0 Å². The third-order valence-corrected chi connectivity index (χ3v) is 4.87. The normalized spacial score (nSPS) is 20.6. The van der Waals surface area contributed by atoms with Crippen molar-refractivity contribution >= 4 is 5.91 Å². The molecule has 130 valence electrons. The standard InChI is InChI=1S/C19H27N3O2/c1-2-17(19(23)20-12-16-6-4-3-5-7-16)13-21-8-10-22(11-9-21)18-14-24-15-18/h2-7,18H,8-15H2,1H3,(H,20,23)/b17-2+. The van der Waals surface area contributed by atoms with Gasteiger partial charge < -0.3 is 10.1 Å². The van der Waals surface area contributed by atoms with Gasteiger partial charge in [-0.2, -0.15) is 0 Å². The van der Waals surface area contributed by atoms with E-state index in [2.05, 4.69) is 15.1 Å². The Morgan fingerprint density at radius 1 is 1.21 bits per heavy atom. The van der Waals surface area contributed by atoms with Crippen LogP contribution in [0.2, 0.25) is 0 Å². The molecule has 2 saturated heterocycles. The first-order valence-electron chi connectivity index (χ1n) is 8.77. The summed E-state index contributed by atoms with van der Waals surface area (Å²) in [6.45, 7) is 9.16. The molecule has 3 rings (SSSR count). The fourth-order valence-corrected chi connectivity index (χ4v) is 3.15. The van der Waals surface area contributed by atoms with E-state index in [-0.39, 0.29) is 5.91 Å². The van der Waals surface area contributed by atoms with Gasteiger partial charge in [-0.25, -0.2) is 0 Å². The lowest BCUT2D eigenvalue weighted by Gasteiger charge is -2.42. The summed E-state index contributed by atoms with van der Waals surface area (Å²) in [7, 11) is 0. The number of ether oxygens (including phenoxy) is 1. The molecule has 24 heavy (non-hydrogen) atoms. The maximum Gasteiger partial charge on any atom is 0.248 e. The Bertz CT molecular complexity index is 561. The minimum absolute atomic E-state index is 0.0381. The molecule has 5 heteroatoms. The molecule has 0 spiro atoms. The number of amides is 1. The molecule has 1 aromatic carbocycles. The molecule has 5 nitrogen and oxygen atoms in total. The van der Waals surface area contributed by atoms with Crippen molar-refractivity contribution in [2.45, 2.75) is 19.5 Å². The molecule has 1 aromatic rings. The number of benzene rings is 1. The molecule has 0 aliphatic carbocycles. The molecule has 2 aliphatic heterocycles. The molecule has 2 fully saturated rings. The first-order chi connectivity index (χ1) is 11.8. The lowest BCUT2D eigenvalue weighted by atomic mass is 10.1. The molecular formula is C19H27N3O2. The van der Waals surface area contributed by atoms with Gasteiger partial charge in [0.2, 0.25) is 5.91 Å². The van der Waals surface area contributed by atoms with Crippen molar-refractivity contribution in [1.29, 1.82) is 0 Å². The SMILES string of the molecule is C/C=C(\CN1CCN(C2COC2)CC1)C(=O)NCc1ccccc1. The van der Waals surface area contributed by atoms with Crippen molar-refractivity contribution in [3.63, 3.8) is 0 Å². The van der Waals surface area contributed by atoms with Crippen LogP contribution in [0.1, 0.15) is 12.5 Å². The molecule has 0 bridgehead atoms. The van der Waals surface area contributed by atoms with E-state index in [1.165, 1.54) is 0 Å². The summed E-state index contributed by atoms with van der Waals surface area (Å²) in [5.41, 5.74) is 1.98. The van der Waals surface area contributed by atoms with Crippen LogP contribution >= 0.6 is 0 Å². The van der Waals surface area contributed by atoms with Crippen LogP contribution in [-0.4, -0.2) is 67.7 Å². The van der Waals surface area contributed by atoms with Gasteiger partial charge in [0.1, 0.15) is 0 Å². The third-order valence-electron chi connectivity index (χ3n) is 4.87. The highest BCUT2D eigenvalue weighted by Crippen LogP contribution is 2.14. The summed E-state index contributed by atoms with van der Waals surface area (Å²) in [5.74, 6) is 0.0381. The van der Waals surface area contributed by atoms with Gasteiger partial charge in [0, 0.05) is 44.8 Å². The van der Waals surface area contributed by atoms with Gasteiger partial charge in [-0.15, -0.1) is 0 Å². The number of rotatable bonds is 6. The van der Waals surface area contributed by atoms with E-state index in [9.17, 15) is 4.79 Å². The van der Waals surface area contributed by atoms with Crippen LogP contribution in [-0.2, 0) is 16.1 Å². The topological polar surface area (TPSA) is 44.8 Å². The monoisotopic (exact) mass is 329 g/mol. The molecule has 0 aromatic heterocycles. The van der Waals surface area contributed by atoms with E-state index in [4.69, 9.17) is 4.74 Å². The highest BCUT2D eigenvalue weighted by atomic mass is 16.5. The fourth-order valence-electron chi connectivity index (χ4n) is 3.15. The van der Waals surface area contributed by atoms with Crippen LogP contribution < -0.4 is 5.32 Å². The molecule has 0 unspecified atom stereocenters. The van der Waals surface area contributed by atoms with Crippen molar-refractivity contribution in [3.05, 3.63) is 47.5 Å². The number of allylic oxidation sites excluding steroid dienone is 1. The van der Waals surface area contributed by atoms with E-state index in [0.29, 0.717) is 12.6 Å². The Morgan fingerprint density at radius 2 is 1.92 bits per heavy atom. The molecule has 1 N–H and O–H groups in total. The molecule has 0 saturated carbocycles. The number of carbonyl (C=O) groups is 1. The average Bonchev–Trinajstić information content (AvgIpc) is 2.58. The quantitative estimate of drug-likeness (QED) is 0.798. The van der Waals surface area contributed by atoms with Crippen LogP contribution in [0, 0.1) is 0 Å². The Kier molecular flexibility index (Phi) is 6.01. The van der Waals surface area contributed by atoms with Gasteiger partial charge in [0.05, 0.1) is 19.3 Å². The summed E-state index contributed by atoms with van der Waals surface area (Å²) >= 11 is 0. The summed E-state index contributed by atoms with van der Waals surface area (Å²) in [6.07, 6.45) is 1.94. The van der Waals surface area contributed by atoms with Crippen molar-refractivity contribution in [2.75, 3.05) is 45.9 Å². The molecule has 0 atom stereocenters.